The van der Waals surface area contributed by atoms with E-state index in [4.69, 9.17) is 20.4 Å². The number of hydrogen-bond donors (Lipinski definition) is 0. The molecule has 0 spiro atoms. The molecule has 0 unspecified atom stereocenters. The van der Waals surface area contributed by atoms with Gasteiger partial charge in [-0.05, 0) is 68.1 Å². The number of oxazole rings is 1. The fraction of sp³-hybridized carbons (Fsp3) is 0.304. The molecule has 1 saturated carbocycles. The van der Waals surface area contributed by atoms with Crippen LogP contribution in [0.5, 0.6) is 0 Å². The van der Waals surface area contributed by atoms with Crippen molar-refractivity contribution in [3.63, 3.8) is 0 Å². The molecule has 7 nitrogen and oxygen atoms in total. The number of carbonyl (C=O) groups excluding carboxylic acids is 1. The maximum absolute atomic E-state index is 13.2. The SMILES string of the molecule is Cc1cc(-c2nc3cc(Cl)ccc3o2)ccc1C(=O)N(C)[C@@H]1CC[C@H](c2nnco2)C1. The number of nitrogens with zero attached hydrogens (tertiary/aromatic N) is 4. The van der Waals surface area contributed by atoms with E-state index in [0.29, 0.717) is 33.5 Å². The third kappa shape index (κ3) is 3.70. The minimum Gasteiger partial charge on any atom is -0.436 e. The molecule has 2 aromatic carbocycles. The van der Waals surface area contributed by atoms with E-state index in [1.807, 2.05) is 37.1 Å². The van der Waals surface area contributed by atoms with Gasteiger partial charge in [0.15, 0.2) is 5.58 Å². The summed E-state index contributed by atoms with van der Waals surface area (Å²) in [5.41, 5.74) is 3.75. The van der Waals surface area contributed by atoms with Crippen LogP contribution >= 0.6 is 11.6 Å². The van der Waals surface area contributed by atoms with Gasteiger partial charge in [0.2, 0.25) is 18.2 Å². The van der Waals surface area contributed by atoms with Crippen LogP contribution < -0.4 is 0 Å². The van der Waals surface area contributed by atoms with Crippen molar-refractivity contribution in [2.45, 2.75) is 38.1 Å². The molecule has 0 radical (unpaired) electrons. The molecule has 1 aliphatic rings. The number of benzene rings is 2. The minimum atomic E-state index is 0.00424. The van der Waals surface area contributed by atoms with Crippen LogP contribution in [0, 0.1) is 6.92 Å². The Kier molecular flexibility index (Phi) is 4.98. The molecule has 0 N–H and O–H groups in total. The van der Waals surface area contributed by atoms with Gasteiger partial charge in [0.1, 0.15) is 5.52 Å². The Balaban J connectivity index is 1.35. The molecular formula is C23H21ClN4O3. The summed E-state index contributed by atoms with van der Waals surface area (Å²) >= 11 is 6.04. The van der Waals surface area contributed by atoms with Crippen molar-refractivity contribution in [2.75, 3.05) is 7.05 Å². The fourth-order valence-corrected chi connectivity index (χ4v) is 4.48. The Morgan fingerprint density at radius 1 is 1.19 bits per heavy atom. The summed E-state index contributed by atoms with van der Waals surface area (Å²) < 4.78 is 11.2. The maximum Gasteiger partial charge on any atom is 0.254 e. The molecule has 4 aromatic rings. The molecule has 5 rings (SSSR count). The van der Waals surface area contributed by atoms with Crippen molar-refractivity contribution in [2.24, 2.45) is 0 Å². The standard InChI is InChI=1S/C23H21ClN4O3/c1-13-9-14(21-26-19-11-16(24)5-8-20(19)31-21)4-7-18(13)23(29)28(2)17-6-3-15(10-17)22-27-25-12-30-22/h4-5,7-9,11-12,15,17H,3,6,10H2,1-2H3/t15-,17+/m0/s1. The van der Waals surface area contributed by atoms with Gasteiger partial charge in [-0.25, -0.2) is 4.98 Å². The topological polar surface area (TPSA) is 85.3 Å². The zero-order valence-electron chi connectivity index (χ0n) is 17.2. The highest BCUT2D eigenvalue weighted by Gasteiger charge is 2.33. The monoisotopic (exact) mass is 436 g/mol. The number of aromatic nitrogens is 3. The Morgan fingerprint density at radius 2 is 2.06 bits per heavy atom. The van der Waals surface area contributed by atoms with Gasteiger partial charge >= 0.3 is 0 Å². The van der Waals surface area contributed by atoms with E-state index < -0.39 is 0 Å². The molecule has 2 heterocycles. The molecule has 158 valence electrons. The van der Waals surface area contributed by atoms with Gasteiger partial charge in [0, 0.05) is 35.2 Å². The highest BCUT2D eigenvalue weighted by Crippen LogP contribution is 2.36. The first kappa shape index (κ1) is 19.8. The molecule has 0 aliphatic heterocycles. The number of fused-ring (bicyclic) bond motifs is 1. The van der Waals surface area contributed by atoms with Gasteiger partial charge < -0.3 is 13.7 Å². The first-order valence-corrected chi connectivity index (χ1v) is 10.6. The Labute approximate surface area is 184 Å². The average Bonchev–Trinajstić information content (AvgIpc) is 3.52. The van der Waals surface area contributed by atoms with E-state index in [9.17, 15) is 4.79 Å². The second-order valence-corrected chi connectivity index (χ2v) is 8.45. The summed E-state index contributed by atoms with van der Waals surface area (Å²) in [5, 5.41) is 8.40. The quantitative estimate of drug-likeness (QED) is 0.434. The molecule has 2 atom stereocenters. The number of halogens is 1. The summed E-state index contributed by atoms with van der Waals surface area (Å²) in [4.78, 5) is 19.5. The van der Waals surface area contributed by atoms with Crippen LogP contribution in [0.15, 0.2) is 51.6 Å². The Bertz CT molecular complexity index is 1250. The molecular weight excluding hydrogens is 416 g/mol. The van der Waals surface area contributed by atoms with E-state index in [-0.39, 0.29) is 17.9 Å². The molecule has 31 heavy (non-hydrogen) atoms. The lowest BCUT2D eigenvalue weighted by Gasteiger charge is -2.25. The number of hydrogen-bond acceptors (Lipinski definition) is 6. The lowest BCUT2D eigenvalue weighted by atomic mass is 10.0. The smallest absolute Gasteiger partial charge is 0.254 e. The fourth-order valence-electron chi connectivity index (χ4n) is 4.31. The minimum absolute atomic E-state index is 0.00424. The summed E-state index contributed by atoms with van der Waals surface area (Å²) in [6, 6.07) is 11.1. The van der Waals surface area contributed by atoms with Crippen molar-refractivity contribution >= 4 is 28.6 Å². The van der Waals surface area contributed by atoms with E-state index in [0.717, 1.165) is 30.4 Å². The predicted octanol–water partition coefficient (Wildman–Crippen LogP) is 5.25. The third-order valence-corrected chi connectivity index (χ3v) is 6.29. The molecule has 1 amide bonds. The third-order valence-electron chi connectivity index (χ3n) is 6.05. The van der Waals surface area contributed by atoms with Crippen molar-refractivity contribution in [3.8, 4) is 11.5 Å². The van der Waals surface area contributed by atoms with Crippen LogP contribution in [-0.2, 0) is 0 Å². The number of aryl methyl sites for hydroxylation is 1. The van der Waals surface area contributed by atoms with Crippen molar-refractivity contribution < 1.29 is 13.6 Å². The number of rotatable bonds is 4. The Morgan fingerprint density at radius 3 is 2.84 bits per heavy atom. The van der Waals surface area contributed by atoms with Crippen molar-refractivity contribution in [1.29, 1.82) is 0 Å². The van der Waals surface area contributed by atoms with Crippen molar-refractivity contribution in [1.82, 2.24) is 20.1 Å². The van der Waals surface area contributed by atoms with E-state index in [1.54, 1.807) is 18.2 Å². The van der Waals surface area contributed by atoms with Crippen LogP contribution in [0.1, 0.15) is 47.0 Å². The number of amides is 1. The molecule has 0 saturated heterocycles. The van der Waals surface area contributed by atoms with Gasteiger partial charge in [-0.15, -0.1) is 10.2 Å². The van der Waals surface area contributed by atoms with Gasteiger partial charge in [-0.1, -0.05) is 11.6 Å². The lowest BCUT2D eigenvalue weighted by molar-refractivity contribution is 0.0732. The van der Waals surface area contributed by atoms with Gasteiger partial charge in [0.05, 0.1) is 0 Å². The first-order valence-electron chi connectivity index (χ1n) is 10.2. The predicted molar refractivity (Wildman–Crippen MR) is 116 cm³/mol. The largest absolute Gasteiger partial charge is 0.436 e. The molecule has 1 aliphatic carbocycles. The normalized spacial score (nSPS) is 18.5. The summed E-state index contributed by atoms with van der Waals surface area (Å²) in [5.74, 6) is 1.37. The lowest BCUT2D eigenvalue weighted by Crippen LogP contribution is -2.35. The average molecular weight is 437 g/mol. The highest BCUT2D eigenvalue weighted by atomic mass is 35.5. The van der Waals surface area contributed by atoms with Crippen LogP contribution in [0.4, 0.5) is 0 Å². The summed E-state index contributed by atoms with van der Waals surface area (Å²) in [6.45, 7) is 1.93. The van der Waals surface area contributed by atoms with Crippen molar-refractivity contribution in [3.05, 3.63) is 64.8 Å². The second kappa shape index (κ2) is 7.81. The molecule has 8 heteroatoms. The van der Waals surface area contributed by atoms with Gasteiger partial charge in [0.25, 0.3) is 5.91 Å². The molecule has 2 aromatic heterocycles. The van der Waals surface area contributed by atoms with E-state index >= 15 is 0 Å². The zero-order chi connectivity index (χ0) is 21.5. The summed E-state index contributed by atoms with van der Waals surface area (Å²) in [6.07, 6.45) is 4.03. The molecule has 0 bridgehead atoms. The van der Waals surface area contributed by atoms with E-state index in [1.165, 1.54) is 6.39 Å². The zero-order valence-corrected chi connectivity index (χ0v) is 18.0. The first-order chi connectivity index (χ1) is 15.0. The summed E-state index contributed by atoms with van der Waals surface area (Å²) in [7, 11) is 1.86. The Hall–Kier alpha value is -3.19. The maximum atomic E-state index is 13.2. The van der Waals surface area contributed by atoms with Gasteiger partial charge in [-0.2, -0.15) is 0 Å². The van der Waals surface area contributed by atoms with Crippen LogP contribution in [0.2, 0.25) is 5.02 Å². The van der Waals surface area contributed by atoms with Crippen LogP contribution in [0.3, 0.4) is 0 Å². The van der Waals surface area contributed by atoms with Crippen LogP contribution in [-0.4, -0.2) is 39.1 Å². The molecule has 1 fully saturated rings. The number of carbonyl (C=O) groups is 1. The second-order valence-electron chi connectivity index (χ2n) is 8.02. The van der Waals surface area contributed by atoms with E-state index in [2.05, 4.69) is 15.2 Å². The van der Waals surface area contributed by atoms with Crippen LogP contribution in [0.25, 0.3) is 22.6 Å². The highest BCUT2D eigenvalue weighted by molar-refractivity contribution is 6.31. The van der Waals surface area contributed by atoms with Gasteiger partial charge in [-0.3, -0.25) is 4.79 Å².